The summed E-state index contributed by atoms with van der Waals surface area (Å²) < 4.78 is 67.5. The molecule has 1 aliphatic rings. The van der Waals surface area contributed by atoms with Gasteiger partial charge in [0.05, 0.1) is 0 Å². The molecule has 0 aromatic carbocycles. The number of hydrogen-bond acceptors (Lipinski definition) is 3. The van der Waals surface area contributed by atoms with E-state index in [2.05, 4.69) is 0 Å². The van der Waals surface area contributed by atoms with E-state index in [1.807, 2.05) is 48.5 Å². The molecule has 134 valence electrons. The van der Waals surface area contributed by atoms with Crippen molar-refractivity contribution in [3.63, 3.8) is 0 Å². The van der Waals surface area contributed by atoms with Crippen LogP contribution in [0.15, 0.2) is 22.2 Å². The van der Waals surface area contributed by atoms with Gasteiger partial charge in [-0.1, -0.05) is 0 Å². The SMILES string of the molecule is CC1=CC(C(C)(C)C)=[Se](OS(=O)(=O)C(F)(F)F)C(C(C)(C)C)=C1. The summed E-state index contributed by atoms with van der Waals surface area (Å²) in [5, 5.41) is 0. The van der Waals surface area contributed by atoms with Gasteiger partial charge in [-0.3, -0.25) is 0 Å². The van der Waals surface area contributed by atoms with Gasteiger partial charge in [0.15, 0.2) is 0 Å². The van der Waals surface area contributed by atoms with Crippen molar-refractivity contribution < 1.29 is 24.9 Å². The second-order valence-corrected chi connectivity index (χ2v) is 12.8. The Labute approximate surface area is 140 Å². The summed E-state index contributed by atoms with van der Waals surface area (Å²) in [6, 6.07) is 0. The minimum atomic E-state index is -5.64. The van der Waals surface area contributed by atoms with E-state index in [1.54, 1.807) is 12.2 Å². The molecule has 0 aromatic heterocycles. The molecule has 0 fully saturated rings. The van der Waals surface area contributed by atoms with E-state index in [1.165, 1.54) is 0 Å². The summed E-state index contributed by atoms with van der Waals surface area (Å²) in [6.45, 7) is 12.9. The molecule has 0 spiro atoms. The second-order valence-electron chi connectivity index (χ2n) is 7.50. The predicted octanol–water partition coefficient (Wildman–Crippen LogP) is 4.12. The van der Waals surface area contributed by atoms with E-state index >= 15 is 0 Å². The molecule has 1 rings (SSSR count). The van der Waals surface area contributed by atoms with Gasteiger partial charge in [-0.2, -0.15) is 0 Å². The zero-order valence-electron chi connectivity index (χ0n) is 14.3. The number of rotatable bonds is 2. The monoisotopic (exact) mass is 420 g/mol. The van der Waals surface area contributed by atoms with E-state index < -0.39 is 40.3 Å². The van der Waals surface area contributed by atoms with Crippen LogP contribution in [0.4, 0.5) is 13.2 Å². The molecule has 1 unspecified atom stereocenters. The van der Waals surface area contributed by atoms with Crippen LogP contribution in [-0.2, 0) is 13.4 Å². The van der Waals surface area contributed by atoms with Crippen molar-refractivity contribution in [2.45, 2.75) is 54.0 Å². The number of alkyl halides is 3. The molecule has 8 heteroatoms. The van der Waals surface area contributed by atoms with E-state index in [-0.39, 0.29) is 0 Å². The van der Waals surface area contributed by atoms with Gasteiger partial charge < -0.3 is 0 Å². The predicted molar refractivity (Wildman–Crippen MR) is 87.6 cm³/mol. The molecule has 0 radical (unpaired) electrons. The Morgan fingerprint density at radius 2 is 1.43 bits per heavy atom. The normalized spacial score (nSPS) is 21.1. The molecule has 1 heterocycles. The molecule has 0 aromatic rings. The van der Waals surface area contributed by atoms with Crippen molar-refractivity contribution in [3.05, 3.63) is 22.2 Å². The summed E-state index contributed by atoms with van der Waals surface area (Å²) in [5.74, 6) is 0. The van der Waals surface area contributed by atoms with Crippen LogP contribution in [0, 0.1) is 10.8 Å². The van der Waals surface area contributed by atoms with Crippen molar-refractivity contribution in [2.24, 2.45) is 10.8 Å². The first-order valence-corrected chi connectivity index (χ1v) is 10.8. The summed E-state index contributed by atoms with van der Waals surface area (Å²) in [4.78, 5) is 0. The van der Waals surface area contributed by atoms with E-state index in [4.69, 9.17) is 3.27 Å². The molecular formula is C15H23F3O3SSe. The standard InChI is InChI=1S/C15H23F3O3SSe/c1-10-8-11(13(2,3)4)23(12(9-10)14(5,6)7)21-22(19,20)15(16,17)18/h8-9H,1-7H3. The zero-order valence-corrected chi connectivity index (χ0v) is 16.9. The van der Waals surface area contributed by atoms with Gasteiger partial charge in [0.2, 0.25) is 0 Å². The maximum absolute atomic E-state index is 12.8. The van der Waals surface area contributed by atoms with Gasteiger partial charge in [-0.05, 0) is 0 Å². The molecule has 0 saturated heterocycles. The fraction of sp³-hybridized carbons (Fsp3) is 0.667. The Balaban J connectivity index is 3.66. The van der Waals surface area contributed by atoms with E-state index in [9.17, 15) is 21.6 Å². The van der Waals surface area contributed by atoms with Crippen molar-refractivity contribution in [1.29, 1.82) is 0 Å². The quantitative estimate of drug-likeness (QED) is 0.500. The van der Waals surface area contributed by atoms with Crippen LogP contribution in [0.3, 0.4) is 0 Å². The summed E-state index contributed by atoms with van der Waals surface area (Å²) in [5.41, 5.74) is -5.51. The molecule has 3 nitrogen and oxygen atoms in total. The number of halogens is 3. The van der Waals surface area contributed by atoms with Crippen LogP contribution in [-0.4, -0.2) is 32.1 Å². The van der Waals surface area contributed by atoms with Gasteiger partial charge in [-0.15, -0.1) is 0 Å². The van der Waals surface area contributed by atoms with Crippen LogP contribution in [0.25, 0.3) is 0 Å². The van der Waals surface area contributed by atoms with Gasteiger partial charge in [0.1, 0.15) is 0 Å². The first kappa shape index (κ1) is 20.6. The summed E-state index contributed by atoms with van der Waals surface area (Å²) >= 11 is -2.80. The summed E-state index contributed by atoms with van der Waals surface area (Å²) in [6.07, 6.45) is 3.51. The zero-order chi connectivity index (χ0) is 18.4. The van der Waals surface area contributed by atoms with Crippen molar-refractivity contribution >= 4 is 28.3 Å². The Hall–Kier alpha value is -0.431. The molecule has 0 bridgehead atoms. The number of allylic oxidation sites excluding steroid dienone is 4. The third kappa shape index (κ3) is 4.78. The summed E-state index contributed by atoms with van der Waals surface area (Å²) in [7, 11) is -5.64. The van der Waals surface area contributed by atoms with Gasteiger partial charge in [0, 0.05) is 0 Å². The maximum atomic E-state index is 12.8. The van der Waals surface area contributed by atoms with Gasteiger partial charge >= 0.3 is 140 Å². The Kier molecular flexibility index (Phi) is 5.50. The van der Waals surface area contributed by atoms with Crippen LogP contribution < -0.4 is 0 Å². The van der Waals surface area contributed by atoms with Crippen molar-refractivity contribution in [3.8, 4) is 0 Å². The molecule has 23 heavy (non-hydrogen) atoms. The molecular weight excluding hydrogens is 396 g/mol. The number of hydrogen-bond donors (Lipinski definition) is 0. The van der Waals surface area contributed by atoms with Crippen molar-refractivity contribution in [2.75, 3.05) is 0 Å². The Morgan fingerprint density at radius 1 is 0.957 bits per heavy atom. The van der Waals surface area contributed by atoms with Crippen molar-refractivity contribution in [1.82, 2.24) is 0 Å². The fourth-order valence-corrected chi connectivity index (χ4v) is 8.87. The van der Waals surface area contributed by atoms with E-state index in [0.29, 0.717) is 8.89 Å². The Bertz CT molecular complexity index is 685. The third-order valence-electron chi connectivity index (χ3n) is 3.04. The first-order valence-electron chi connectivity index (χ1n) is 7.00. The topological polar surface area (TPSA) is 43.4 Å². The third-order valence-corrected chi connectivity index (χ3v) is 10.6. The van der Waals surface area contributed by atoms with Gasteiger partial charge in [0.25, 0.3) is 0 Å². The molecule has 0 aliphatic carbocycles. The average molecular weight is 419 g/mol. The van der Waals surface area contributed by atoms with Gasteiger partial charge in [-0.25, -0.2) is 0 Å². The molecule has 1 aliphatic heterocycles. The molecule has 0 saturated carbocycles. The fourth-order valence-electron chi connectivity index (χ4n) is 1.87. The average Bonchev–Trinajstić information content (AvgIpc) is 2.26. The second kappa shape index (κ2) is 6.13. The minimum absolute atomic E-state index is 0.488. The van der Waals surface area contributed by atoms with Crippen LogP contribution in [0.1, 0.15) is 48.5 Å². The molecule has 0 amide bonds. The van der Waals surface area contributed by atoms with Crippen LogP contribution in [0.2, 0.25) is 0 Å². The molecule has 0 N–H and O–H groups in total. The van der Waals surface area contributed by atoms with E-state index in [0.717, 1.165) is 5.57 Å². The Morgan fingerprint density at radius 3 is 1.78 bits per heavy atom. The van der Waals surface area contributed by atoms with Crippen LogP contribution >= 0.6 is 0 Å². The van der Waals surface area contributed by atoms with Crippen LogP contribution in [0.5, 0.6) is 0 Å². The molecule has 1 atom stereocenters. The first-order chi connectivity index (χ1) is 9.97.